The van der Waals surface area contributed by atoms with Gasteiger partial charge >= 0.3 is 0 Å². The molecule has 9 heteroatoms. The molecule has 142 valence electrons. The average molecular weight is 432 g/mol. The summed E-state index contributed by atoms with van der Waals surface area (Å²) < 4.78 is 1.84. The lowest BCUT2D eigenvalue weighted by Gasteiger charge is -2.20. The highest BCUT2D eigenvalue weighted by atomic mass is 35.5. The number of amides is 1. The molecule has 0 saturated carbocycles. The molecule has 4 rings (SSSR count). The molecular weight excluding hydrogens is 417 g/mol. The molecule has 0 radical (unpaired) electrons. The minimum Gasteiger partial charge on any atom is -0.317 e. The summed E-state index contributed by atoms with van der Waals surface area (Å²) in [6.45, 7) is 4.02. The van der Waals surface area contributed by atoms with Gasteiger partial charge in [-0.2, -0.15) is 15.1 Å². The van der Waals surface area contributed by atoms with Gasteiger partial charge in [-0.15, -0.1) is 0 Å². The number of hydrogen-bond acceptors (Lipinski definition) is 4. The Kier molecular flexibility index (Phi) is 4.91. The SMILES string of the molecule is CC(C)C1=NN2C(=N)/C(=C/c3cccn3-c3cc(Cl)cc(Cl)c3)C(=O)N=C2S1. The van der Waals surface area contributed by atoms with Gasteiger partial charge in [-0.25, -0.2) is 0 Å². The first-order valence-corrected chi connectivity index (χ1v) is 10.0. The van der Waals surface area contributed by atoms with Gasteiger partial charge in [0, 0.05) is 33.5 Å². The molecule has 2 aliphatic heterocycles. The van der Waals surface area contributed by atoms with Gasteiger partial charge in [-0.05, 0) is 48.2 Å². The lowest BCUT2D eigenvalue weighted by Crippen LogP contribution is -2.35. The van der Waals surface area contributed by atoms with Crippen molar-refractivity contribution in [3.63, 3.8) is 0 Å². The largest absolute Gasteiger partial charge is 0.317 e. The number of carbonyl (C=O) groups excluding carboxylic acids is 1. The minimum absolute atomic E-state index is 0.00928. The number of hydrogen-bond donors (Lipinski definition) is 1. The van der Waals surface area contributed by atoms with Crippen LogP contribution in [0.5, 0.6) is 0 Å². The molecule has 0 atom stereocenters. The lowest BCUT2D eigenvalue weighted by molar-refractivity contribution is -0.114. The van der Waals surface area contributed by atoms with Crippen LogP contribution in [0.1, 0.15) is 19.5 Å². The van der Waals surface area contributed by atoms with E-state index in [2.05, 4.69) is 10.1 Å². The molecule has 28 heavy (non-hydrogen) atoms. The number of amidine groups is 2. The smallest absolute Gasteiger partial charge is 0.283 e. The fraction of sp³-hybridized carbons (Fsp3) is 0.158. The van der Waals surface area contributed by atoms with Crippen LogP contribution < -0.4 is 0 Å². The number of thioether (sulfide) groups is 1. The normalized spacial score (nSPS) is 18.0. The Hall–Kier alpha value is -2.35. The molecule has 1 N–H and O–H groups in total. The van der Waals surface area contributed by atoms with Gasteiger partial charge in [0.15, 0.2) is 5.84 Å². The van der Waals surface area contributed by atoms with Crippen LogP contribution in [0.3, 0.4) is 0 Å². The predicted molar refractivity (Wildman–Crippen MR) is 116 cm³/mol. The third-order valence-electron chi connectivity index (χ3n) is 4.16. The van der Waals surface area contributed by atoms with Crippen molar-refractivity contribution in [1.82, 2.24) is 9.58 Å². The third kappa shape index (κ3) is 3.41. The third-order valence-corrected chi connectivity index (χ3v) is 5.81. The Morgan fingerprint density at radius 2 is 1.93 bits per heavy atom. The molecule has 1 aromatic heterocycles. The van der Waals surface area contributed by atoms with Crippen molar-refractivity contribution in [1.29, 1.82) is 5.41 Å². The Balaban J connectivity index is 1.74. The summed E-state index contributed by atoms with van der Waals surface area (Å²) >= 11 is 13.6. The number of fused-ring (bicyclic) bond motifs is 1. The van der Waals surface area contributed by atoms with E-state index in [1.54, 1.807) is 24.3 Å². The van der Waals surface area contributed by atoms with Crippen LogP contribution in [0.4, 0.5) is 0 Å². The summed E-state index contributed by atoms with van der Waals surface area (Å²) in [4.78, 5) is 16.7. The monoisotopic (exact) mass is 431 g/mol. The molecule has 3 heterocycles. The molecule has 1 amide bonds. The molecule has 0 fully saturated rings. The Bertz CT molecular complexity index is 1080. The van der Waals surface area contributed by atoms with Gasteiger partial charge < -0.3 is 4.57 Å². The number of carbonyl (C=O) groups is 1. The van der Waals surface area contributed by atoms with Gasteiger partial charge in [0.25, 0.3) is 5.91 Å². The fourth-order valence-corrected chi connectivity index (χ4v) is 4.22. The van der Waals surface area contributed by atoms with Gasteiger partial charge in [0.2, 0.25) is 5.17 Å². The minimum atomic E-state index is -0.458. The summed E-state index contributed by atoms with van der Waals surface area (Å²) in [5.41, 5.74) is 1.63. The second kappa shape index (κ2) is 7.24. The first-order chi connectivity index (χ1) is 13.3. The standard InChI is InChI=1S/C19H15Cl2N5OS/c1-10(2)18-24-26-16(22)15(17(27)23-19(26)28-18)9-13-4-3-5-25(13)14-7-11(20)6-12(21)8-14/h3-10,22H,1-2H3/b15-9-,22-16?. The first-order valence-electron chi connectivity index (χ1n) is 8.47. The number of benzene rings is 1. The Morgan fingerprint density at radius 1 is 1.21 bits per heavy atom. The molecule has 0 aliphatic carbocycles. The van der Waals surface area contributed by atoms with E-state index in [-0.39, 0.29) is 17.3 Å². The predicted octanol–water partition coefficient (Wildman–Crippen LogP) is 5.06. The molecular formula is C19H15Cl2N5OS. The Labute approximate surface area is 176 Å². The zero-order valence-electron chi connectivity index (χ0n) is 15.0. The molecule has 1 aromatic carbocycles. The van der Waals surface area contributed by atoms with Gasteiger partial charge in [0.05, 0.1) is 5.57 Å². The van der Waals surface area contributed by atoms with Crippen LogP contribution in [0.2, 0.25) is 10.0 Å². The van der Waals surface area contributed by atoms with Crippen molar-refractivity contribution >= 4 is 63.0 Å². The van der Waals surface area contributed by atoms with Crippen molar-refractivity contribution in [2.24, 2.45) is 16.0 Å². The van der Waals surface area contributed by atoms with Crippen LogP contribution in [-0.2, 0) is 4.79 Å². The molecule has 0 saturated heterocycles. The van der Waals surface area contributed by atoms with Crippen LogP contribution >= 0.6 is 35.0 Å². The van der Waals surface area contributed by atoms with E-state index in [1.165, 1.54) is 16.8 Å². The van der Waals surface area contributed by atoms with Crippen molar-refractivity contribution in [2.45, 2.75) is 13.8 Å². The number of aliphatic imine (C=N–C) groups is 1. The summed E-state index contributed by atoms with van der Waals surface area (Å²) in [6, 6.07) is 8.88. The molecule has 6 nitrogen and oxygen atoms in total. The molecule has 0 unspecified atom stereocenters. The number of aromatic nitrogens is 1. The average Bonchev–Trinajstić information content (AvgIpc) is 3.24. The number of halogens is 2. The highest BCUT2D eigenvalue weighted by molar-refractivity contribution is 8.27. The lowest BCUT2D eigenvalue weighted by atomic mass is 10.1. The van der Waals surface area contributed by atoms with Gasteiger partial charge in [0.1, 0.15) is 5.04 Å². The van der Waals surface area contributed by atoms with Crippen LogP contribution in [0.15, 0.2) is 52.2 Å². The number of nitrogens with zero attached hydrogens (tertiary/aromatic N) is 4. The number of hydrazone groups is 1. The van der Waals surface area contributed by atoms with Crippen LogP contribution in [0, 0.1) is 11.3 Å². The van der Waals surface area contributed by atoms with Crippen molar-refractivity contribution in [3.05, 3.63) is 57.8 Å². The van der Waals surface area contributed by atoms with E-state index in [4.69, 9.17) is 28.6 Å². The number of rotatable bonds is 3. The first kappa shape index (κ1) is 19.0. The molecule has 2 aliphatic rings. The topological polar surface area (TPSA) is 73.8 Å². The summed E-state index contributed by atoms with van der Waals surface area (Å²) in [5, 5.41) is 16.6. The van der Waals surface area contributed by atoms with E-state index < -0.39 is 5.91 Å². The number of nitrogens with one attached hydrogen (secondary N) is 1. The highest BCUT2D eigenvalue weighted by Crippen LogP contribution is 2.31. The van der Waals surface area contributed by atoms with Crippen molar-refractivity contribution < 1.29 is 4.79 Å². The molecule has 0 bridgehead atoms. The van der Waals surface area contributed by atoms with E-state index >= 15 is 0 Å². The van der Waals surface area contributed by atoms with Gasteiger partial charge in [-0.1, -0.05) is 37.0 Å². The maximum atomic E-state index is 12.6. The maximum Gasteiger partial charge on any atom is 0.283 e. The van der Waals surface area contributed by atoms with E-state index in [1.807, 2.05) is 36.7 Å². The summed E-state index contributed by atoms with van der Waals surface area (Å²) in [6.07, 6.45) is 3.47. The zero-order valence-corrected chi connectivity index (χ0v) is 17.3. The van der Waals surface area contributed by atoms with E-state index in [0.29, 0.717) is 20.9 Å². The van der Waals surface area contributed by atoms with Gasteiger partial charge in [-0.3, -0.25) is 10.2 Å². The molecule has 0 spiro atoms. The maximum absolute atomic E-state index is 12.6. The van der Waals surface area contributed by atoms with E-state index in [9.17, 15) is 4.79 Å². The van der Waals surface area contributed by atoms with Crippen molar-refractivity contribution in [3.8, 4) is 5.69 Å². The van der Waals surface area contributed by atoms with Crippen molar-refractivity contribution in [2.75, 3.05) is 0 Å². The second-order valence-electron chi connectivity index (χ2n) is 6.54. The zero-order chi connectivity index (χ0) is 20.0. The molecule has 2 aromatic rings. The second-order valence-corrected chi connectivity index (χ2v) is 8.40. The summed E-state index contributed by atoms with van der Waals surface area (Å²) in [5.74, 6) is -0.255. The van der Waals surface area contributed by atoms with E-state index in [0.717, 1.165) is 10.7 Å². The highest BCUT2D eigenvalue weighted by Gasteiger charge is 2.36. The Morgan fingerprint density at radius 3 is 2.61 bits per heavy atom. The van der Waals surface area contributed by atoms with Crippen LogP contribution in [0.25, 0.3) is 11.8 Å². The fourth-order valence-electron chi connectivity index (χ4n) is 2.81. The van der Waals surface area contributed by atoms with Crippen LogP contribution in [-0.4, -0.2) is 31.5 Å². The quantitative estimate of drug-likeness (QED) is 0.689. The summed E-state index contributed by atoms with van der Waals surface area (Å²) in [7, 11) is 0.